The van der Waals surface area contributed by atoms with E-state index >= 15 is 0 Å². The van der Waals surface area contributed by atoms with Crippen molar-refractivity contribution in [3.63, 3.8) is 0 Å². The Morgan fingerprint density at radius 3 is 2.40 bits per heavy atom. The van der Waals surface area contributed by atoms with Crippen LogP contribution in [0.1, 0.15) is 22.8 Å². The largest absolute Gasteiger partial charge is 0.497 e. The van der Waals surface area contributed by atoms with Crippen molar-refractivity contribution in [1.29, 1.82) is 0 Å². The number of nitrogens with one attached hydrogen (secondary N) is 2. The Kier molecular flexibility index (Phi) is 6.39. The number of hydrogen-bond donors (Lipinski definition) is 2. The normalized spacial score (nSPS) is 11.3. The minimum atomic E-state index is -0.656. The van der Waals surface area contributed by atoms with Gasteiger partial charge in [0.2, 0.25) is 5.91 Å². The van der Waals surface area contributed by atoms with Gasteiger partial charge in [0.15, 0.2) is 0 Å². The van der Waals surface area contributed by atoms with E-state index in [0.29, 0.717) is 17.1 Å². The van der Waals surface area contributed by atoms with Crippen molar-refractivity contribution >= 4 is 11.8 Å². The molecule has 0 aliphatic heterocycles. The van der Waals surface area contributed by atoms with Gasteiger partial charge in [0, 0.05) is 23.7 Å². The monoisotopic (exact) mass is 342 g/mol. The third-order valence-corrected chi connectivity index (χ3v) is 3.72. The van der Waals surface area contributed by atoms with E-state index in [9.17, 15) is 9.59 Å². The third-order valence-electron chi connectivity index (χ3n) is 3.72. The number of amides is 2. The average Bonchev–Trinajstić information content (AvgIpc) is 2.66. The number of carbonyl (C=O) groups is 2. The van der Waals surface area contributed by atoms with Crippen LogP contribution in [0.2, 0.25) is 0 Å². The molecule has 0 heterocycles. The Morgan fingerprint density at radius 1 is 1.04 bits per heavy atom. The molecule has 0 spiro atoms. The van der Waals surface area contributed by atoms with Crippen LogP contribution in [0, 0.1) is 0 Å². The van der Waals surface area contributed by atoms with Gasteiger partial charge in [0.25, 0.3) is 5.91 Å². The maximum atomic E-state index is 12.2. The van der Waals surface area contributed by atoms with Gasteiger partial charge < -0.3 is 20.1 Å². The first kappa shape index (κ1) is 18.3. The highest BCUT2D eigenvalue weighted by Gasteiger charge is 2.16. The van der Waals surface area contributed by atoms with Crippen LogP contribution in [0.5, 0.6) is 11.5 Å². The highest BCUT2D eigenvalue weighted by Crippen LogP contribution is 2.24. The smallest absolute Gasteiger partial charge is 0.251 e. The molecule has 0 radical (unpaired) electrons. The fraction of sp³-hybridized carbons (Fsp3) is 0.263. The molecule has 2 rings (SSSR count). The van der Waals surface area contributed by atoms with Crippen molar-refractivity contribution in [2.75, 3.05) is 14.2 Å². The lowest BCUT2D eigenvalue weighted by Crippen LogP contribution is -2.44. The molecule has 1 atom stereocenters. The fourth-order valence-electron chi connectivity index (χ4n) is 2.27. The van der Waals surface area contributed by atoms with Crippen LogP contribution >= 0.6 is 0 Å². The van der Waals surface area contributed by atoms with Gasteiger partial charge in [-0.05, 0) is 31.2 Å². The van der Waals surface area contributed by atoms with Crippen molar-refractivity contribution in [2.24, 2.45) is 0 Å². The number of carbonyl (C=O) groups excluding carboxylic acids is 2. The summed E-state index contributed by atoms with van der Waals surface area (Å²) in [5, 5.41) is 5.47. The van der Waals surface area contributed by atoms with E-state index in [1.807, 2.05) is 12.1 Å². The fourth-order valence-corrected chi connectivity index (χ4v) is 2.27. The second kappa shape index (κ2) is 8.73. The lowest BCUT2D eigenvalue weighted by molar-refractivity contribution is -0.122. The molecule has 6 nitrogen and oxygen atoms in total. The quantitative estimate of drug-likeness (QED) is 0.808. The minimum absolute atomic E-state index is 0.276. The van der Waals surface area contributed by atoms with Crippen molar-refractivity contribution < 1.29 is 19.1 Å². The van der Waals surface area contributed by atoms with Gasteiger partial charge in [-0.15, -0.1) is 0 Å². The van der Waals surface area contributed by atoms with Crippen LogP contribution in [0.3, 0.4) is 0 Å². The molecule has 0 saturated carbocycles. The van der Waals surface area contributed by atoms with E-state index in [1.165, 1.54) is 0 Å². The molecule has 2 aromatic carbocycles. The number of ether oxygens (including phenoxy) is 2. The summed E-state index contributed by atoms with van der Waals surface area (Å²) in [6.07, 6.45) is 0. The summed E-state index contributed by atoms with van der Waals surface area (Å²) in [4.78, 5) is 24.3. The van der Waals surface area contributed by atoms with Gasteiger partial charge in [0.05, 0.1) is 14.2 Å². The molecule has 0 bridgehead atoms. The first-order valence-corrected chi connectivity index (χ1v) is 7.89. The molecule has 0 aliphatic rings. The standard InChI is InChI=1S/C19H22N2O4/c1-13(21-19(23)14-7-5-4-6-8-14)18(22)20-12-15-9-10-16(24-2)11-17(15)25-3/h4-11,13H,12H2,1-3H3,(H,20,22)(H,21,23). The minimum Gasteiger partial charge on any atom is -0.497 e. The molecule has 0 aliphatic carbocycles. The lowest BCUT2D eigenvalue weighted by atomic mass is 10.1. The van der Waals surface area contributed by atoms with Gasteiger partial charge in [0.1, 0.15) is 17.5 Å². The van der Waals surface area contributed by atoms with Gasteiger partial charge >= 0.3 is 0 Å². The molecule has 2 aromatic rings. The summed E-state index contributed by atoms with van der Waals surface area (Å²) in [6, 6.07) is 13.5. The van der Waals surface area contributed by atoms with Crippen LogP contribution < -0.4 is 20.1 Å². The van der Waals surface area contributed by atoms with E-state index < -0.39 is 6.04 Å². The Hall–Kier alpha value is -3.02. The molecule has 0 fully saturated rings. The van der Waals surface area contributed by atoms with Crippen molar-refractivity contribution in [1.82, 2.24) is 10.6 Å². The van der Waals surface area contributed by atoms with Crippen LogP contribution in [0.15, 0.2) is 48.5 Å². The second-order valence-corrected chi connectivity index (χ2v) is 5.46. The van der Waals surface area contributed by atoms with Gasteiger partial charge in [-0.2, -0.15) is 0 Å². The van der Waals surface area contributed by atoms with Gasteiger partial charge in [-0.3, -0.25) is 9.59 Å². The Labute approximate surface area is 147 Å². The van der Waals surface area contributed by atoms with Crippen LogP contribution in [-0.4, -0.2) is 32.1 Å². The summed E-state index contributed by atoms with van der Waals surface area (Å²) in [6.45, 7) is 1.93. The summed E-state index contributed by atoms with van der Waals surface area (Å²) in [5.74, 6) is 0.739. The Bertz CT molecular complexity index is 731. The van der Waals surface area contributed by atoms with Crippen molar-refractivity contribution in [2.45, 2.75) is 19.5 Å². The average molecular weight is 342 g/mol. The van der Waals surface area contributed by atoms with E-state index in [4.69, 9.17) is 9.47 Å². The summed E-state index contributed by atoms with van der Waals surface area (Å²) in [7, 11) is 3.14. The number of benzene rings is 2. The number of methoxy groups -OCH3 is 2. The van der Waals surface area contributed by atoms with E-state index in [1.54, 1.807) is 57.5 Å². The molecule has 6 heteroatoms. The van der Waals surface area contributed by atoms with Crippen LogP contribution in [0.4, 0.5) is 0 Å². The first-order chi connectivity index (χ1) is 12.0. The molecule has 25 heavy (non-hydrogen) atoms. The van der Waals surface area contributed by atoms with Gasteiger partial charge in [-0.25, -0.2) is 0 Å². The lowest BCUT2D eigenvalue weighted by Gasteiger charge is -2.15. The zero-order valence-electron chi connectivity index (χ0n) is 14.5. The summed E-state index contributed by atoms with van der Waals surface area (Å²) < 4.78 is 10.4. The predicted octanol–water partition coefficient (Wildman–Crippen LogP) is 2.14. The number of rotatable bonds is 7. The predicted molar refractivity (Wildman–Crippen MR) is 94.8 cm³/mol. The van der Waals surface area contributed by atoms with E-state index in [0.717, 1.165) is 5.56 Å². The molecule has 1 unspecified atom stereocenters. The van der Waals surface area contributed by atoms with E-state index in [-0.39, 0.29) is 18.4 Å². The highest BCUT2D eigenvalue weighted by molar-refractivity contribution is 5.97. The van der Waals surface area contributed by atoms with E-state index in [2.05, 4.69) is 10.6 Å². The van der Waals surface area contributed by atoms with Crippen LogP contribution in [-0.2, 0) is 11.3 Å². The van der Waals surface area contributed by atoms with Gasteiger partial charge in [-0.1, -0.05) is 18.2 Å². The zero-order valence-corrected chi connectivity index (χ0v) is 14.5. The molecule has 0 aromatic heterocycles. The first-order valence-electron chi connectivity index (χ1n) is 7.89. The van der Waals surface area contributed by atoms with Crippen molar-refractivity contribution in [3.05, 3.63) is 59.7 Å². The Morgan fingerprint density at radius 2 is 1.76 bits per heavy atom. The molecule has 2 amide bonds. The SMILES string of the molecule is COc1ccc(CNC(=O)C(C)NC(=O)c2ccccc2)c(OC)c1. The van der Waals surface area contributed by atoms with Crippen molar-refractivity contribution in [3.8, 4) is 11.5 Å². The molecular weight excluding hydrogens is 320 g/mol. The highest BCUT2D eigenvalue weighted by atomic mass is 16.5. The number of hydrogen-bond acceptors (Lipinski definition) is 4. The maximum Gasteiger partial charge on any atom is 0.251 e. The van der Waals surface area contributed by atoms with Crippen LogP contribution in [0.25, 0.3) is 0 Å². The second-order valence-electron chi connectivity index (χ2n) is 5.46. The molecule has 0 saturated heterocycles. The maximum absolute atomic E-state index is 12.2. The molecular formula is C19H22N2O4. The third kappa shape index (κ3) is 4.97. The molecule has 2 N–H and O–H groups in total. The zero-order chi connectivity index (χ0) is 18.2. The topological polar surface area (TPSA) is 76.7 Å². The summed E-state index contributed by atoms with van der Waals surface area (Å²) >= 11 is 0. The summed E-state index contributed by atoms with van der Waals surface area (Å²) in [5.41, 5.74) is 1.33. The Balaban J connectivity index is 1.92. The molecule has 132 valence electrons.